The van der Waals surface area contributed by atoms with Crippen LogP contribution in [0, 0.1) is 5.41 Å². The lowest BCUT2D eigenvalue weighted by atomic mass is 9.78. The molecule has 17 heavy (non-hydrogen) atoms. The van der Waals surface area contributed by atoms with Gasteiger partial charge in [-0.25, -0.2) is 0 Å². The van der Waals surface area contributed by atoms with Crippen molar-refractivity contribution in [1.29, 1.82) is 0 Å². The minimum Gasteiger partial charge on any atom is -0.316 e. The van der Waals surface area contributed by atoms with E-state index in [9.17, 15) is 0 Å². The summed E-state index contributed by atoms with van der Waals surface area (Å²) < 4.78 is 1.89. The second kappa shape index (κ2) is 5.21. The highest BCUT2D eigenvalue weighted by atomic mass is 15.2. The van der Waals surface area contributed by atoms with Crippen LogP contribution in [0.3, 0.4) is 0 Å². The zero-order valence-corrected chi connectivity index (χ0v) is 11.4. The van der Waals surface area contributed by atoms with Crippen molar-refractivity contribution in [2.24, 2.45) is 12.5 Å². The first-order chi connectivity index (χ1) is 8.14. The molecule has 1 aromatic heterocycles. The topological polar surface area (TPSA) is 29.9 Å². The highest BCUT2D eigenvalue weighted by Crippen LogP contribution is 2.41. The molecule has 1 atom stereocenters. The van der Waals surface area contributed by atoms with Crippen LogP contribution in [0.4, 0.5) is 0 Å². The molecule has 0 saturated heterocycles. The van der Waals surface area contributed by atoms with E-state index < -0.39 is 0 Å². The third-order valence-electron chi connectivity index (χ3n) is 4.42. The molecule has 0 aromatic carbocycles. The Balaban J connectivity index is 1.91. The van der Waals surface area contributed by atoms with Gasteiger partial charge in [-0.3, -0.25) is 4.68 Å². The van der Waals surface area contributed by atoms with Gasteiger partial charge >= 0.3 is 0 Å². The first-order valence-electron chi connectivity index (χ1n) is 6.79. The summed E-state index contributed by atoms with van der Waals surface area (Å²) in [6, 6.07) is 0.644. The van der Waals surface area contributed by atoms with Gasteiger partial charge in [-0.2, -0.15) is 5.10 Å². The van der Waals surface area contributed by atoms with Gasteiger partial charge in [0.15, 0.2) is 0 Å². The van der Waals surface area contributed by atoms with Crippen LogP contribution >= 0.6 is 0 Å². The number of hydrogen-bond acceptors (Lipinski definition) is 2. The van der Waals surface area contributed by atoms with Crippen LogP contribution in [-0.4, -0.2) is 22.9 Å². The highest BCUT2D eigenvalue weighted by molar-refractivity contribution is 5.05. The largest absolute Gasteiger partial charge is 0.316 e. The molecule has 96 valence electrons. The average molecular weight is 235 g/mol. The van der Waals surface area contributed by atoms with Gasteiger partial charge in [0.05, 0.1) is 6.20 Å². The van der Waals surface area contributed by atoms with E-state index in [0.717, 1.165) is 6.42 Å². The SMILES string of the molecule is CNC(CCc1cnn(C)c1)C1(C)CCCC1. The van der Waals surface area contributed by atoms with Crippen LogP contribution in [0.15, 0.2) is 12.4 Å². The normalized spacial score (nSPS) is 20.6. The molecule has 0 radical (unpaired) electrons. The molecule has 1 aliphatic carbocycles. The lowest BCUT2D eigenvalue weighted by Crippen LogP contribution is -2.40. The maximum atomic E-state index is 4.23. The van der Waals surface area contributed by atoms with Crippen LogP contribution in [0.5, 0.6) is 0 Å². The van der Waals surface area contributed by atoms with Crippen molar-refractivity contribution >= 4 is 0 Å². The van der Waals surface area contributed by atoms with E-state index in [1.807, 2.05) is 17.9 Å². The average Bonchev–Trinajstić information content (AvgIpc) is 2.89. The molecular weight excluding hydrogens is 210 g/mol. The maximum Gasteiger partial charge on any atom is 0.0521 e. The van der Waals surface area contributed by atoms with E-state index in [0.29, 0.717) is 11.5 Å². The number of aryl methyl sites for hydroxylation is 2. The Hall–Kier alpha value is -0.830. The van der Waals surface area contributed by atoms with Gasteiger partial charge in [-0.15, -0.1) is 0 Å². The standard InChI is InChI=1S/C14H25N3/c1-14(8-4-5-9-14)13(15-2)7-6-12-10-16-17(3)11-12/h10-11,13,15H,4-9H2,1-3H3. The molecule has 1 fully saturated rings. The fourth-order valence-electron chi connectivity index (χ4n) is 3.28. The van der Waals surface area contributed by atoms with Gasteiger partial charge < -0.3 is 5.32 Å². The fourth-order valence-corrected chi connectivity index (χ4v) is 3.28. The minimum absolute atomic E-state index is 0.511. The molecule has 1 unspecified atom stereocenters. The molecule has 0 bridgehead atoms. The fraction of sp³-hybridized carbons (Fsp3) is 0.786. The summed E-state index contributed by atoms with van der Waals surface area (Å²) in [6.45, 7) is 2.45. The third kappa shape index (κ3) is 2.89. The number of rotatable bonds is 5. The molecular formula is C14H25N3. The molecule has 2 rings (SSSR count). The predicted octanol–water partition coefficient (Wildman–Crippen LogP) is 2.52. The van der Waals surface area contributed by atoms with Gasteiger partial charge in [0, 0.05) is 19.3 Å². The summed E-state index contributed by atoms with van der Waals surface area (Å²) in [5.41, 5.74) is 1.87. The zero-order valence-electron chi connectivity index (χ0n) is 11.4. The molecule has 3 heteroatoms. The lowest BCUT2D eigenvalue weighted by molar-refractivity contribution is 0.220. The smallest absolute Gasteiger partial charge is 0.0521 e. The van der Waals surface area contributed by atoms with E-state index in [2.05, 4.69) is 30.6 Å². The van der Waals surface area contributed by atoms with Crippen molar-refractivity contribution in [2.75, 3.05) is 7.05 Å². The summed E-state index contributed by atoms with van der Waals surface area (Å²) in [6.07, 6.45) is 12.0. The zero-order chi connectivity index (χ0) is 12.3. The van der Waals surface area contributed by atoms with Crippen LogP contribution in [0.1, 0.15) is 44.6 Å². The Morgan fingerprint density at radius 1 is 1.47 bits per heavy atom. The molecule has 1 N–H and O–H groups in total. The Bertz CT molecular complexity index is 350. The molecule has 3 nitrogen and oxygen atoms in total. The van der Waals surface area contributed by atoms with Crippen molar-refractivity contribution in [3.8, 4) is 0 Å². The summed E-state index contributed by atoms with van der Waals surface area (Å²) in [5, 5.41) is 7.77. The summed E-state index contributed by atoms with van der Waals surface area (Å²) >= 11 is 0. The van der Waals surface area contributed by atoms with Crippen molar-refractivity contribution < 1.29 is 0 Å². The predicted molar refractivity (Wildman–Crippen MR) is 71.0 cm³/mol. The second-order valence-electron chi connectivity index (χ2n) is 5.76. The quantitative estimate of drug-likeness (QED) is 0.850. The van der Waals surface area contributed by atoms with Gasteiger partial charge in [-0.1, -0.05) is 19.8 Å². The van der Waals surface area contributed by atoms with Crippen LogP contribution in [0.25, 0.3) is 0 Å². The molecule has 0 spiro atoms. The van der Waals surface area contributed by atoms with E-state index in [1.54, 1.807) is 0 Å². The monoisotopic (exact) mass is 235 g/mol. The van der Waals surface area contributed by atoms with Crippen molar-refractivity contribution in [2.45, 2.75) is 51.5 Å². The lowest BCUT2D eigenvalue weighted by Gasteiger charge is -2.34. The van der Waals surface area contributed by atoms with Gasteiger partial charge in [0.25, 0.3) is 0 Å². The molecule has 1 aromatic rings. The first kappa shape index (κ1) is 12.6. The number of nitrogens with zero attached hydrogens (tertiary/aromatic N) is 2. The molecule has 1 heterocycles. The van der Waals surface area contributed by atoms with Crippen molar-refractivity contribution in [3.63, 3.8) is 0 Å². The Kier molecular flexibility index (Phi) is 3.87. The second-order valence-corrected chi connectivity index (χ2v) is 5.76. The maximum absolute atomic E-state index is 4.23. The highest BCUT2D eigenvalue weighted by Gasteiger charge is 2.35. The number of nitrogens with one attached hydrogen (secondary N) is 1. The van der Waals surface area contributed by atoms with Crippen LogP contribution in [0.2, 0.25) is 0 Å². The molecule has 0 amide bonds. The Labute approximate surface area is 105 Å². The van der Waals surface area contributed by atoms with E-state index >= 15 is 0 Å². The van der Waals surface area contributed by atoms with Crippen LogP contribution < -0.4 is 5.32 Å². The van der Waals surface area contributed by atoms with E-state index in [-0.39, 0.29) is 0 Å². The van der Waals surface area contributed by atoms with Crippen molar-refractivity contribution in [3.05, 3.63) is 18.0 Å². The first-order valence-corrected chi connectivity index (χ1v) is 6.79. The number of hydrogen-bond donors (Lipinski definition) is 1. The van der Waals surface area contributed by atoms with Gasteiger partial charge in [-0.05, 0) is 43.7 Å². The minimum atomic E-state index is 0.511. The Morgan fingerprint density at radius 3 is 2.71 bits per heavy atom. The van der Waals surface area contributed by atoms with Crippen molar-refractivity contribution in [1.82, 2.24) is 15.1 Å². The summed E-state index contributed by atoms with van der Waals surface area (Å²) in [5.74, 6) is 0. The molecule has 0 aliphatic heterocycles. The van der Waals surface area contributed by atoms with Crippen LogP contribution in [-0.2, 0) is 13.5 Å². The summed E-state index contributed by atoms with van der Waals surface area (Å²) in [4.78, 5) is 0. The third-order valence-corrected chi connectivity index (χ3v) is 4.42. The van der Waals surface area contributed by atoms with Gasteiger partial charge in [0.2, 0.25) is 0 Å². The summed E-state index contributed by atoms with van der Waals surface area (Å²) in [7, 11) is 4.09. The van der Waals surface area contributed by atoms with Gasteiger partial charge in [0.1, 0.15) is 0 Å². The molecule has 1 aliphatic rings. The van der Waals surface area contributed by atoms with E-state index in [4.69, 9.17) is 0 Å². The Morgan fingerprint density at radius 2 is 2.18 bits per heavy atom. The van der Waals surface area contributed by atoms with E-state index in [1.165, 1.54) is 37.7 Å². The number of aromatic nitrogens is 2. The molecule has 1 saturated carbocycles.